The molecule has 1 aliphatic heterocycles. The summed E-state index contributed by atoms with van der Waals surface area (Å²) in [6.07, 6.45) is -1.42. The van der Waals surface area contributed by atoms with E-state index < -0.39 is 29.6 Å². The summed E-state index contributed by atoms with van der Waals surface area (Å²) in [6, 6.07) is 4.78. The van der Waals surface area contributed by atoms with Gasteiger partial charge in [0.05, 0.1) is 23.6 Å². The number of primary amides is 1. The van der Waals surface area contributed by atoms with Gasteiger partial charge in [0.1, 0.15) is 23.6 Å². The number of halogens is 4. The molecule has 2 atom stereocenters. The summed E-state index contributed by atoms with van der Waals surface area (Å²) in [5.41, 5.74) is 5.01. The van der Waals surface area contributed by atoms with Gasteiger partial charge in [-0.1, -0.05) is 6.07 Å². The molecule has 3 aromatic rings. The van der Waals surface area contributed by atoms with Crippen molar-refractivity contribution >= 4 is 22.8 Å². The van der Waals surface area contributed by atoms with Gasteiger partial charge >= 0.3 is 6.18 Å². The molecule has 1 aliphatic rings. The molecule has 1 aromatic carbocycles. The Balaban J connectivity index is 1.52. The van der Waals surface area contributed by atoms with E-state index >= 15 is 0 Å². The number of piperidine rings is 1. The molecule has 1 amide bonds. The van der Waals surface area contributed by atoms with Crippen LogP contribution in [0.1, 0.15) is 24.5 Å². The van der Waals surface area contributed by atoms with Crippen LogP contribution in [0.25, 0.3) is 11.0 Å². The number of benzene rings is 1. The molecule has 1 saturated heterocycles. The predicted molar refractivity (Wildman–Crippen MR) is 125 cm³/mol. The number of alkyl halides is 3. The average molecular weight is 509 g/mol. The number of carbonyl (C=O) groups excluding carboxylic acids is 1. The summed E-state index contributed by atoms with van der Waals surface area (Å²) in [6.45, 7) is 4.17. The Morgan fingerprint density at radius 1 is 1.28 bits per heavy atom. The van der Waals surface area contributed by atoms with E-state index in [1.54, 1.807) is 0 Å². The van der Waals surface area contributed by atoms with Crippen molar-refractivity contribution in [2.24, 2.45) is 11.7 Å². The number of likely N-dealkylation sites (tertiary alicyclic amines) is 1. The maximum Gasteiger partial charge on any atom is 0.419 e. The van der Waals surface area contributed by atoms with E-state index in [0.717, 1.165) is 17.5 Å². The number of aliphatic hydroxyl groups excluding tert-OH is 1. The molecule has 2 unspecified atom stereocenters. The van der Waals surface area contributed by atoms with E-state index in [-0.39, 0.29) is 19.0 Å². The van der Waals surface area contributed by atoms with Crippen molar-refractivity contribution in [1.82, 2.24) is 19.4 Å². The van der Waals surface area contributed by atoms with Gasteiger partial charge in [0, 0.05) is 38.3 Å². The zero-order valence-corrected chi connectivity index (χ0v) is 19.7. The highest BCUT2D eigenvalue weighted by atomic mass is 19.4. The van der Waals surface area contributed by atoms with Gasteiger partial charge < -0.3 is 20.3 Å². The molecular weight excluding hydrogens is 480 g/mol. The van der Waals surface area contributed by atoms with Crippen molar-refractivity contribution in [2.45, 2.75) is 38.7 Å². The van der Waals surface area contributed by atoms with E-state index in [0.29, 0.717) is 49.6 Å². The highest BCUT2D eigenvalue weighted by molar-refractivity contribution is 5.87. The molecule has 4 rings (SSSR count). The first-order valence-corrected chi connectivity index (χ1v) is 11.7. The summed E-state index contributed by atoms with van der Waals surface area (Å²) < 4.78 is 54.7. The molecule has 1 fully saturated rings. The van der Waals surface area contributed by atoms with Gasteiger partial charge in [0.2, 0.25) is 5.91 Å². The quantitative estimate of drug-likeness (QED) is 0.454. The SMILES string of the molecule is CCN(Cc1ccc(C(F)(F)F)c(F)c1)c1ncnc2c1ccn2CC1CCN(CC(N)=O)CC1O. The molecule has 0 saturated carbocycles. The second kappa shape index (κ2) is 10.4. The van der Waals surface area contributed by atoms with E-state index in [1.807, 2.05) is 33.6 Å². The maximum absolute atomic E-state index is 14.1. The lowest BCUT2D eigenvalue weighted by molar-refractivity contribution is -0.140. The summed E-state index contributed by atoms with van der Waals surface area (Å²) in [7, 11) is 0. The van der Waals surface area contributed by atoms with Crippen molar-refractivity contribution in [1.29, 1.82) is 0 Å². The molecule has 8 nitrogen and oxygen atoms in total. The van der Waals surface area contributed by atoms with Crippen molar-refractivity contribution in [3.8, 4) is 0 Å². The Morgan fingerprint density at radius 3 is 2.69 bits per heavy atom. The van der Waals surface area contributed by atoms with Gasteiger partial charge in [0.15, 0.2) is 0 Å². The molecular formula is C24H28F4N6O2. The molecule has 0 bridgehead atoms. The van der Waals surface area contributed by atoms with Crippen LogP contribution in [0.5, 0.6) is 0 Å². The minimum atomic E-state index is -4.75. The third-order valence-electron chi connectivity index (χ3n) is 6.54. The number of nitrogens with zero attached hydrogens (tertiary/aromatic N) is 5. The molecule has 194 valence electrons. The molecule has 12 heteroatoms. The van der Waals surface area contributed by atoms with Crippen LogP contribution in [0.4, 0.5) is 23.4 Å². The van der Waals surface area contributed by atoms with Crippen LogP contribution in [-0.2, 0) is 24.1 Å². The summed E-state index contributed by atoms with van der Waals surface area (Å²) in [5, 5.41) is 11.4. The smallest absolute Gasteiger partial charge is 0.391 e. The predicted octanol–water partition coefficient (Wildman–Crippen LogP) is 2.78. The maximum atomic E-state index is 14.1. The van der Waals surface area contributed by atoms with Gasteiger partial charge in [-0.05, 0) is 43.7 Å². The monoisotopic (exact) mass is 508 g/mol. The van der Waals surface area contributed by atoms with Gasteiger partial charge in [0.25, 0.3) is 0 Å². The zero-order chi connectivity index (χ0) is 26.0. The topological polar surface area (TPSA) is 101 Å². The fourth-order valence-corrected chi connectivity index (χ4v) is 4.71. The van der Waals surface area contributed by atoms with Gasteiger partial charge in [-0.15, -0.1) is 0 Å². The lowest BCUT2D eigenvalue weighted by Crippen LogP contribution is -2.47. The Hall–Kier alpha value is -3.25. The second-order valence-corrected chi connectivity index (χ2v) is 9.05. The summed E-state index contributed by atoms with van der Waals surface area (Å²) >= 11 is 0. The number of aromatic nitrogens is 3. The normalized spacial score (nSPS) is 19.1. The number of amides is 1. The molecule has 0 aliphatic carbocycles. The summed E-state index contributed by atoms with van der Waals surface area (Å²) in [5.74, 6) is -1.20. The van der Waals surface area contributed by atoms with Crippen molar-refractivity contribution in [2.75, 3.05) is 31.1 Å². The van der Waals surface area contributed by atoms with Crippen LogP contribution >= 0.6 is 0 Å². The third-order valence-corrected chi connectivity index (χ3v) is 6.54. The van der Waals surface area contributed by atoms with Crippen LogP contribution in [-0.4, -0.2) is 62.7 Å². The Bertz CT molecular complexity index is 1230. The van der Waals surface area contributed by atoms with Crippen LogP contribution in [0, 0.1) is 11.7 Å². The molecule has 36 heavy (non-hydrogen) atoms. The standard InChI is InChI=1S/C24H28F4N6O2/c1-2-33(10-15-3-4-18(19(25)9-15)24(26,27)28)22-17-6-8-34(23(17)31-14-30-22)11-16-5-7-32(12-20(16)35)13-21(29)36/h3-4,6,8-9,14,16,20,35H,2,5,7,10-13H2,1H3,(H2,29,36). The van der Waals surface area contributed by atoms with Gasteiger partial charge in [-0.2, -0.15) is 13.2 Å². The lowest BCUT2D eigenvalue weighted by atomic mass is 9.93. The third kappa shape index (κ3) is 5.59. The lowest BCUT2D eigenvalue weighted by Gasteiger charge is -2.35. The zero-order valence-electron chi connectivity index (χ0n) is 19.7. The highest BCUT2D eigenvalue weighted by Gasteiger charge is 2.34. The highest BCUT2D eigenvalue weighted by Crippen LogP contribution is 2.32. The van der Waals surface area contributed by atoms with Crippen LogP contribution in [0.2, 0.25) is 0 Å². The first-order chi connectivity index (χ1) is 17.1. The van der Waals surface area contributed by atoms with Crippen molar-refractivity contribution in [3.63, 3.8) is 0 Å². The molecule has 0 radical (unpaired) electrons. The molecule has 3 heterocycles. The van der Waals surface area contributed by atoms with Crippen LogP contribution in [0.15, 0.2) is 36.8 Å². The van der Waals surface area contributed by atoms with E-state index in [1.165, 1.54) is 12.4 Å². The number of β-amino-alcohol motifs (C(OH)–C–C–N with tert-alkyl or cyclic N) is 1. The number of fused-ring (bicyclic) bond motifs is 1. The number of hydrogen-bond donors (Lipinski definition) is 2. The Kier molecular flexibility index (Phi) is 7.46. The molecule has 0 spiro atoms. The average Bonchev–Trinajstić information content (AvgIpc) is 3.21. The summed E-state index contributed by atoms with van der Waals surface area (Å²) in [4.78, 5) is 23.6. The minimum absolute atomic E-state index is 0.0412. The number of rotatable bonds is 8. The van der Waals surface area contributed by atoms with Gasteiger partial charge in [-0.25, -0.2) is 14.4 Å². The fraction of sp³-hybridized carbons (Fsp3) is 0.458. The Labute approximate surface area is 205 Å². The van der Waals surface area contributed by atoms with Crippen LogP contribution < -0.4 is 10.6 Å². The number of aliphatic hydroxyl groups is 1. The number of anilines is 1. The van der Waals surface area contributed by atoms with E-state index in [9.17, 15) is 27.5 Å². The first kappa shape index (κ1) is 25.8. The van der Waals surface area contributed by atoms with E-state index in [4.69, 9.17) is 5.73 Å². The largest absolute Gasteiger partial charge is 0.419 e. The molecule has 3 N–H and O–H groups in total. The fourth-order valence-electron chi connectivity index (χ4n) is 4.71. The first-order valence-electron chi connectivity index (χ1n) is 11.7. The second-order valence-electron chi connectivity index (χ2n) is 9.05. The number of nitrogens with two attached hydrogens (primary N) is 1. The van der Waals surface area contributed by atoms with Crippen LogP contribution in [0.3, 0.4) is 0 Å². The molecule has 2 aromatic heterocycles. The number of hydrogen-bond acceptors (Lipinski definition) is 6. The number of carbonyl (C=O) groups is 1. The van der Waals surface area contributed by atoms with Gasteiger partial charge in [-0.3, -0.25) is 9.69 Å². The van der Waals surface area contributed by atoms with Crippen molar-refractivity contribution < 1.29 is 27.5 Å². The Morgan fingerprint density at radius 2 is 2.06 bits per heavy atom. The van der Waals surface area contributed by atoms with Crippen molar-refractivity contribution in [3.05, 3.63) is 53.7 Å². The minimum Gasteiger partial charge on any atom is -0.391 e. The van der Waals surface area contributed by atoms with E-state index in [2.05, 4.69) is 9.97 Å².